The fourth-order valence-electron chi connectivity index (χ4n) is 2.74. The first-order chi connectivity index (χ1) is 12.7. The first-order valence-corrected chi connectivity index (χ1v) is 9.39. The van der Waals surface area contributed by atoms with Gasteiger partial charge in [0.25, 0.3) is 5.91 Å². The monoisotopic (exact) mass is 371 g/mol. The molecule has 0 fully saturated rings. The molecule has 0 spiro atoms. The Morgan fingerprint density at radius 1 is 1.15 bits per heavy atom. The molecule has 0 aliphatic carbocycles. The lowest BCUT2D eigenvalue weighted by molar-refractivity contribution is -0.920. The first kappa shape index (κ1) is 18.2. The van der Waals surface area contributed by atoms with Gasteiger partial charge in [-0.15, -0.1) is 11.3 Å². The average Bonchev–Trinajstić information content (AvgIpc) is 3.34. The van der Waals surface area contributed by atoms with Crippen molar-refractivity contribution in [1.29, 1.82) is 0 Å². The van der Waals surface area contributed by atoms with Crippen molar-refractivity contribution in [2.75, 3.05) is 13.7 Å². The Kier molecular flexibility index (Phi) is 6.46. The van der Waals surface area contributed by atoms with Gasteiger partial charge in [-0.2, -0.15) is 0 Å². The van der Waals surface area contributed by atoms with E-state index >= 15 is 0 Å². The van der Waals surface area contributed by atoms with E-state index in [4.69, 9.17) is 9.15 Å². The van der Waals surface area contributed by atoms with Gasteiger partial charge in [-0.25, -0.2) is 0 Å². The summed E-state index contributed by atoms with van der Waals surface area (Å²) >= 11 is 1.71. The van der Waals surface area contributed by atoms with Crippen molar-refractivity contribution < 1.29 is 18.8 Å². The van der Waals surface area contributed by atoms with Crippen molar-refractivity contribution in [1.82, 2.24) is 5.32 Å². The van der Waals surface area contributed by atoms with Gasteiger partial charge in [-0.05, 0) is 41.3 Å². The van der Waals surface area contributed by atoms with Gasteiger partial charge < -0.3 is 19.4 Å². The number of amides is 1. The summed E-state index contributed by atoms with van der Waals surface area (Å²) in [5.41, 5.74) is 1.05. The molecule has 0 aliphatic rings. The molecule has 2 heterocycles. The molecule has 0 saturated carbocycles. The van der Waals surface area contributed by atoms with Crippen molar-refractivity contribution in [3.8, 4) is 5.75 Å². The maximum atomic E-state index is 12.4. The number of carbonyl (C=O) groups is 1. The minimum Gasteiger partial charge on any atom is -0.497 e. The number of methoxy groups -OCH3 is 1. The van der Waals surface area contributed by atoms with Crippen LogP contribution in [0.25, 0.3) is 0 Å². The largest absolute Gasteiger partial charge is 0.497 e. The molecular formula is C20H23N2O3S+. The molecule has 3 aromatic rings. The third kappa shape index (κ3) is 5.47. The Labute approximate surface area is 157 Å². The zero-order chi connectivity index (χ0) is 18.2. The summed E-state index contributed by atoms with van der Waals surface area (Å²) in [7, 11) is 1.64. The van der Waals surface area contributed by atoms with Gasteiger partial charge >= 0.3 is 0 Å². The summed E-state index contributed by atoms with van der Waals surface area (Å²) in [4.78, 5) is 14.8. The number of rotatable bonds is 9. The summed E-state index contributed by atoms with van der Waals surface area (Å²) in [6.07, 6.45) is 1.67. The third-order valence-electron chi connectivity index (χ3n) is 4.07. The van der Waals surface area contributed by atoms with E-state index in [1.54, 1.807) is 24.7 Å². The molecular weight excluding hydrogens is 348 g/mol. The van der Waals surface area contributed by atoms with Crippen molar-refractivity contribution in [2.24, 2.45) is 0 Å². The number of hydrogen-bond acceptors (Lipinski definition) is 4. The molecule has 1 amide bonds. The van der Waals surface area contributed by atoms with E-state index in [1.165, 1.54) is 4.88 Å². The first-order valence-electron chi connectivity index (χ1n) is 8.51. The van der Waals surface area contributed by atoms with Crippen molar-refractivity contribution in [3.63, 3.8) is 0 Å². The van der Waals surface area contributed by atoms with Crippen LogP contribution in [-0.4, -0.2) is 19.6 Å². The molecule has 3 rings (SSSR count). The number of quaternary nitrogens is 1. The number of carbonyl (C=O) groups excluding carboxylic acids is 1. The van der Waals surface area contributed by atoms with E-state index in [0.717, 1.165) is 28.5 Å². The zero-order valence-electron chi connectivity index (χ0n) is 14.7. The smallest absolute Gasteiger partial charge is 0.275 e. The predicted molar refractivity (Wildman–Crippen MR) is 101 cm³/mol. The van der Waals surface area contributed by atoms with Crippen LogP contribution in [0.4, 0.5) is 0 Å². The number of benzene rings is 1. The Morgan fingerprint density at radius 3 is 2.65 bits per heavy atom. The van der Waals surface area contributed by atoms with Crippen LogP contribution in [0.3, 0.4) is 0 Å². The SMILES string of the molecule is COc1ccc(CNC(=O)C[NH+](Cc2ccco2)Cc2cccs2)cc1. The molecule has 26 heavy (non-hydrogen) atoms. The second kappa shape index (κ2) is 9.22. The van der Waals surface area contributed by atoms with Crippen LogP contribution in [0.2, 0.25) is 0 Å². The van der Waals surface area contributed by atoms with Gasteiger partial charge in [0.1, 0.15) is 18.8 Å². The molecule has 1 unspecified atom stereocenters. The van der Waals surface area contributed by atoms with Gasteiger partial charge in [-0.1, -0.05) is 18.2 Å². The molecule has 136 valence electrons. The van der Waals surface area contributed by atoms with E-state index in [1.807, 2.05) is 42.5 Å². The molecule has 0 radical (unpaired) electrons. The molecule has 2 aromatic heterocycles. The highest BCUT2D eigenvalue weighted by Gasteiger charge is 2.17. The lowest BCUT2D eigenvalue weighted by atomic mass is 10.2. The lowest BCUT2D eigenvalue weighted by Gasteiger charge is -2.17. The molecule has 1 atom stereocenters. The van der Waals surface area contributed by atoms with Gasteiger partial charge in [0.15, 0.2) is 12.3 Å². The van der Waals surface area contributed by atoms with Crippen LogP contribution < -0.4 is 15.0 Å². The van der Waals surface area contributed by atoms with Crippen molar-refractivity contribution in [2.45, 2.75) is 19.6 Å². The minimum atomic E-state index is 0.0268. The third-order valence-corrected chi connectivity index (χ3v) is 4.94. The molecule has 5 nitrogen and oxygen atoms in total. The van der Waals surface area contributed by atoms with Crippen molar-refractivity contribution in [3.05, 3.63) is 76.4 Å². The molecule has 0 bridgehead atoms. The predicted octanol–water partition coefficient (Wildman–Crippen LogP) is 2.25. The van der Waals surface area contributed by atoms with Gasteiger partial charge in [0.05, 0.1) is 18.3 Å². The summed E-state index contributed by atoms with van der Waals surface area (Å²) in [5.74, 6) is 1.73. The van der Waals surface area contributed by atoms with Crippen LogP contribution in [0.15, 0.2) is 64.6 Å². The maximum absolute atomic E-state index is 12.4. The summed E-state index contributed by atoms with van der Waals surface area (Å²) in [6.45, 7) is 2.39. The highest BCUT2D eigenvalue weighted by Crippen LogP contribution is 2.11. The molecule has 6 heteroatoms. The molecule has 0 aliphatic heterocycles. The van der Waals surface area contributed by atoms with E-state index in [2.05, 4.69) is 16.8 Å². The Balaban J connectivity index is 1.55. The fourth-order valence-corrected chi connectivity index (χ4v) is 3.52. The van der Waals surface area contributed by atoms with Gasteiger partial charge in [-0.3, -0.25) is 4.79 Å². The average molecular weight is 371 g/mol. The quantitative estimate of drug-likeness (QED) is 0.607. The van der Waals surface area contributed by atoms with E-state index in [0.29, 0.717) is 19.6 Å². The van der Waals surface area contributed by atoms with Crippen molar-refractivity contribution >= 4 is 17.2 Å². The highest BCUT2D eigenvalue weighted by atomic mass is 32.1. The Bertz CT molecular complexity index is 747. The van der Waals surface area contributed by atoms with Crippen LogP contribution >= 0.6 is 11.3 Å². The summed E-state index contributed by atoms with van der Waals surface area (Å²) in [5, 5.41) is 5.06. The zero-order valence-corrected chi connectivity index (χ0v) is 15.6. The summed E-state index contributed by atoms with van der Waals surface area (Å²) in [6, 6.07) is 15.7. The topological polar surface area (TPSA) is 55.9 Å². The van der Waals surface area contributed by atoms with Crippen LogP contribution in [0.5, 0.6) is 5.75 Å². The van der Waals surface area contributed by atoms with E-state index < -0.39 is 0 Å². The second-order valence-corrected chi connectivity index (χ2v) is 7.10. The normalized spacial score (nSPS) is 11.9. The van der Waals surface area contributed by atoms with Crippen LogP contribution in [0.1, 0.15) is 16.2 Å². The van der Waals surface area contributed by atoms with Gasteiger partial charge in [0.2, 0.25) is 0 Å². The number of ether oxygens (including phenoxy) is 1. The number of furan rings is 1. The van der Waals surface area contributed by atoms with E-state index in [9.17, 15) is 4.79 Å². The second-order valence-electron chi connectivity index (χ2n) is 6.06. The highest BCUT2D eigenvalue weighted by molar-refractivity contribution is 7.09. The lowest BCUT2D eigenvalue weighted by Crippen LogP contribution is -3.10. The molecule has 0 saturated heterocycles. The number of hydrogen-bond donors (Lipinski definition) is 2. The fraction of sp³-hybridized carbons (Fsp3) is 0.250. The standard InChI is InChI=1S/C20H22N2O3S/c1-24-17-8-6-16(7-9-17)12-21-20(23)15-22(13-18-4-2-10-25-18)14-19-5-3-11-26-19/h2-11H,12-15H2,1H3,(H,21,23)/p+1. The van der Waals surface area contributed by atoms with E-state index in [-0.39, 0.29) is 5.91 Å². The number of nitrogens with one attached hydrogen (secondary N) is 2. The van der Waals surface area contributed by atoms with Crippen LogP contribution in [-0.2, 0) is 24.4 Å². The molecule has 2 N–H and O–H groups in total. The summed E-state index contributed by atoms with van der Waals surface area (Å²) < 4.78 is 10.6. The minimum absolute atomic E-state index is 0.0268. The number of thiophene rings is 1. The maximum Gasteiger partial charge on any atom is 0.275 e. The van der Waals surface area contributed by atoms with Crippen LogP contribution in [0, 0.1) is 0 Å². The Hall–Kier alpha value is -2.57. The molecule has 1 aromatic carbocycles. The van der Waals surface area contributed by atoms with Gasteiger partial charge in [0, 0.05) is 6.54 Å². The Morgan fingerprint density at radius 2 is 2.00 bits per heavy atom.